The van der Waals surface area contributed by atoms with E-state index in [4.69, 9.17) is 4.74 Å². The monoisotopic (exact) mass is 376 g/mol. The number of halogens is 1. The Balaban J connectivity index is 2.29. The number of nitrogens with zero attached hydrogens (tertiary/aromatic N) is 2. The molecule has 1 aromatic rings. The van der Waals surface area contributed by atoms with Crippen LogP contribution >= 0.6 is 22.6 Å². The Morgan fingerprint density at radius 1 is 1.58 bits per heavy atom. The number of morpholine rings is 1. The summed E-state index contributed by atoms with van der Waals surface area (Å²) in [7, 11) is 0. The molecule has 6 heteroatoms. The predicted octanol–water partition coefficient (Wildman–Crippen LogP) is 3.20. The van der Waals surface area contributed by atoms with E-state index in [2.05, 4.69) is 18.7 Å². The molecule has 2 rings (SSSR count). The van der Waals surface area contributed by atoms with Gasteiger partial charge in [0.05, 0.1) is 27.2 Å². The average molecular weight is 376 g/mol. The van der Waals surface area contributed by atoms with E-state index >= 15 is 0 Å². The Kier molecular flexibility index (Phi) is 4.62. The van der Waals surface area contributed by atoms with Gasteiger partial charge in [-0.3, -0.25) is 10.1 Å². The summed E-state index contributed by atoms with van der Waals surface area (Å²) in [6, 6.07) is 5.65. The summed E-state index contributed by atoms with van der Waals surface area (Å²) in [5.41, 5.74) is 1.20. The standard InChI is InChI=1S/C13H17IN2O3/c1-3-10-8-19-9(2)7-15(10)11-4-5-13(16(17)18)12(14)6-11/h4-6,9-10H,3,7-8H2,1-2H3. The van der Waals surface area contributed by atoms with Crippen molar-refractivity contribution in [2.24, 2.45) is 0 Å². The van der Waals surface area contributed by atoms with Gasteiger partial charge in [0.25, 0.3) is 5.69 Å². The minimum Gasteiger partial charge on any atom is -0.375 e. The van der Waals surface area contributed by atoms with Gasteiger partial charge in [0.2, 0.25) is 0 Å². The van der Waals surface area contributed by atoms with Crippen LogP contribution in [0.25, 0.3) is 0 Å². The van der Waals surface area contributed by atoms with Gasteiger partial charge in [0.15, 0.2) is 0 Å². The molecule has 1 aromatic carbocycles. The molecular formula is C13H17IN2O3. The van der Waals surface area contributed by atoms with Crippen molar-refractivity contribution in [2.75, 3.05) is 18.1 Å². The van der Waals surface area contributed by atoms with E-state index < -0.39 is 0 Å². The number of nitro benzene ring substituents is 1. The molecule has 1 aliphatic heterocycles. The Hall–Kier alpha value is -0.890. The lowest BCUT2D eigenvalue weighted by molar-refractivity contribution is -0.385. The van der Waals surface area contributed by atoms with Gasteiger partial charge in [-0.05, 0) is 48.1 Å². The fourth-order valence-corrected chi connectivity index (χ4v) is 3.02. The van der Waals surface area contributed by atoms with Gasteiger partial charge in [0.1, 0.15) is 0 Å². The quantitative estimate of drug-likeness (QED) is 0.462. The van der Waals surface area contributed by atoms with Crippen LogP contribution in [0.15, 0.2) is 18.2 Å². The third-order valence-corrected chi connectivity index (χ3v) is 4.26. The van der Waals surface area contributed by atoms with Gasteiger partial charge < -0.3 is 9.64 Å². The van der Waals surface area contributed by atoms with E-state index in [-0.39, 0.29) is 16.7 Å². The zero-order chi connectivity index (χ0) is 14.0. The molecule has 104 valence electrons. The highest BCUT2D eigenvalue weighted by atomic mass is 127. The maximum absolute atomic E-state index is 10.8. The molecule has 1 saturated heterocycles. The summed E-state index contributed by atoms with van der Waals surface area (Å²) in [6.07, 6.45) is 1.19. The highest BCUT2D eigenvalue weighted by Gasteiger charge is 2.26. The van der Waals surface area contributed by atoms with E-state index in [1.807, 2.05) is 34.7 Å². The SMILES string of the molecule is CCC1COC(C)CN1c1ccc([N+](=O)[O-])c(I)c1. The Bertz CT molecular complexity index is 481. The number of ether oxygens (including phenoxy) is 1. The molecule has 2 unspecified atom stereocenters. The Labute approximate surface area is 126 Å². The second-order valence-electron chi connectivity index (χ2n) is 4.75. The molecule has 19 heavy (non-hydrogen) atoms. The van der Waals surface area contributed by atoms with E-state index in [1.54, 1.807) is 6.07 Å². The molecule has 5 nitrogen and oxygen atoms in total. The van der Waals surface area contributed by atoms with Crippen molar-refractivity contribution in [1.29, 1.82) is 0 Å². The topological polar surface area (TPSA) is 55.6 Å². The van der Waals surface area contributed by atoms with E-state index in [9.17, 15) is 10.1 Å². The van der Waals surface area contributed by atoms with Crippen LogP contribution in [0.1, 0.15) is 20.3 Å². The molecule has 1 heterocycles. The smallest absolute Gasteiger partial charge is 0.282 e. The summed E-state index contributed by atoms with van der Waals surface area (Å²) < 4.78 is 6.35. The highest BCUT2D eigenvalue weighted by Crippen LogP contribution is 2.29. The van der Waals surface area contributed by atoms with Gasteiger partial charge in [0, 0.05) is 18.3 Å². The summed E-state index contributed by atoms with van der Waals surface area (Å²) in [5, 5.41) is 10.8. The lowest BCUT2D eigenvalue weighted by Crippen LogP contribution is -2.48. The van der Waals surface area contributed by atoms with Crippen molar-refractivity contribution >= 4 is 34.0 Å². The van der Waals surface area contributed by atoms with Crippen molar-refractivity contribution < 1.29 is 9.66 Å². The van der Waals surface area contributed by atoms with Crippen LogP contribution < -0.4 is 4.90 Å². The molecule has 0 bridgehead atoms. The van der Waals surface area contributed by atoms with Gasteiger partial charge in [-0.1, -0.05) is 6.92 Å². The normalized spacial score (nSPS) is 23.4. The summed E-state index contributed by atoms with van der Waals surface area (Å²) in [6.45, 7) is 5.72. The second kappa shape index (κ2) is 6.04. The summed E-state index contributed by atoms with van der Waals surface area (Å²) in [5.74, 6) is 0. The van der Waals surface area contributed by atoms with Crippen molar-refractivity contribution in [1.82, 2.24) is 0 Å². The average Bonchev–Trinajstić information content (AvgIpc) is 2.38. The highest BCUT2D eigenvalue weighted by molar-refractivity contribution is 14.1. The van der Waals surface area contributed by atoms with E-state index in [0.717, 1.165) is 18.7 Å². The molecule has 0 saturated carbocycles. The van der Waals surface area contributed by atoms with Crippen LogP contribution in [-0.4, -0.2) is 30.2 Å². The van der Waals surface area contributed by atoms with Crippen molar-refractivity contribution in [3.8, 4) is 0 Å². The molecule has 1 aliphatic rings. The predicted molar refractivity (Wildman–Crippen MR) is 82.7 cm³/mol. The van der Waals surface area contributed by atoms with Gasteiger partial charge >= 0.3 is 0 Å². The summed E-state index contributed by atoms with van der Waals surface area (Å²) >= 11 is 2.02. The van der Waals surface area contributed by atoms with E-state index in [0.29, 0.717) is 16.2 Å². The zero-order valence-electron chi connectivity index (χ0n) is 11.0. The molecule has 0 aliphatic carbocycles. The Morgan fingerprint density at radius 3 is 2.89 bits per heavy atom. The second-order valence-corrected chi connectivity index (χ2v) is 5.91. The zero-order valence-corrected chi connectivity index (χ0v) is 13.2. The molecule has 2 atom stereocenters. The van der Waals surface area contributed by atoms with Crippen LogP contribution in [0, 0.1) is 13.7 Å². The first-order valence-corrected chi connectivity index (χ1v) is 7.43. The van der Waals surface area contributed by atoms with Crippen molar-refractivity contribution in [3.05, 3.63) is 31.9 Å². The Morgan fingerprint density at radius 2 is 2.32 bits per heavy atom. The van der Waals surface area contributed by atoms with Crippen LogP contribution in [-0.2, 0) is 4.74 Å². The molecule has 0 spiro atoms. The van der Waals surface area contributed by atoms with Gasteiger partial charge in [-0.15, -0.1) is 0 Å². The molecule has 0 amide bonds. The number of hydrogen-bond acceptors (Lipinski definition) is 4. The molecule has 0 N–H and O–H groups in total. The maximum atomic E-state index is 10.8. The minimum absolute atomic E-state index is 0.165. The summed E-state index contributed by atoms with van der Waals surface area (Å²) in [4.78, 5) is 12.8. The van der Waals surface area contributed by atoms with Crippen LogP contribution in [0.5, 0.6) is 0 Å². The number of benzene rings is 1. The largest absolute Gasteiger partial charge is 0.375 e. The maximum Gasteiger partial charge on any atom is 0.282 e. The molecule has 1 fully saturated rings. The fraction of sp³-hybridized carbons (Fsp3) is 0.538. The van der Waals surface area contributed by atoms with Gasteiger partial charge in [-0.2, -0.15) is 0 Å². The third-order valence-electron chi connectivity index (χ3n) is 3.40. The first-order valence-electron chi connectivity index (χ1n) is 6.35. The lowest BCUT2D eigenvalue weighted by atomic mass is 10.1. The number of nitro groups is 1. The fourth-order valence-electron chi connectivity index (χ4n) is 2.32. The minimum atomic E-state index is -0.342. The third kappa shape index (κ3) is 3.17. The van der Waals surface area contributed by atoms with Crippen molar-refractivity contribution in [3.63, 3.8) is 0 Å². The number of anilines is 1. The van der Waals surface area contributed by atoms with E-state index in [1.165, 1.54) is 0 Å². The lowest BCUT2D eigenvalue weighted by Gasteiger charge is -2.40. The number of hydrogen-bond donors (Lipinski definition) is 0. The molecule has 0 aromatic heterocycles. The van der Waals surface area contributed by atoms with Gasteiger partial charge in [-0.25, -0.2) is 0 Å². The van der Waals surface area contributed by atoms with Crippen LogP contribution in [0.3, 0.4) is 0 Å². The van der Waals surface area contributed by atoms with Crippen LogP contribution in [0.4, 0.5) is 11.4 Å². The van der Waals surface area contributed by atoms with Crippen molar-refractivity contribution in [2.45, 2.75) is 32.4 Å². The molecule has 0 radical (unpaired) electrons. The molecular weight excluding hydrogens is 359 g/mol. The first-order chi connectivity index (χ1) is 9.02. The number of rotatable bonds is 3. The van der Waals surface area contributed by atoms with Crippen LogP contribution in [0.2, 0.25) is 0 Å². The first kappa shape index (κ1) is 14.5.